The van der Waals surface area contributed by atoms with E-state index in [1.165, 1.54) is 0 Å². The molecule has 1 N–H and O–H groups in total. The van der Waals surface area contributed by atoms with E-state index in [4.69, 9.17) is 23.2 Å². The Balaban J connectivity index is 2.39. The quantitative estimate of drug-likeness (QED) is 0.869. The number of benzene rings is 1. The van der Waals surface area contributed by atoms with Crippen molar-refractivity contribution >= 4 is 50.2 Å². The third kappa shape index (κ3) is 3.79. The molecule has 1 aromatic carbocycles. The smallest absolute Gasteiger partial charge is 0.277 e. The zero-order valence-corrected chi connectivity index (χ0v) is 12.9. The van der Waals surface area contributed by atoms with E-state index >= 15 is 0 Å². The maximum absolute atomic E-state index is 12.6. The summed E-state index contributed by atoms with van der Waals surface area (Å²) < 4.78 is 63.6. The van der Waals surface area contributed by atoms with Crippen LogP contribution in [-0.2, 0) is 16.2 Å². The summed E-state index contributed by atoms with van der Waals surface area (Å²) in [5.41, 5.74) is -1.40. The summed E-state index contributed by atoms with van der Waals surface area (Å²) >= 11 is 11.9. The van der Waals surface area contributed by atoms with Crippen LogP contribution in [0.2, 0.25) is 9.49 Å². The Kier molecular flexibility index (Phi) is 4.39. The first-order valence-corrected chi connectivity index (χ1v) is 8.16. The number of hydrogen-bond donors (Lipinski definition) is 1. The minimum Gasteiger partial charge on any atom is -0.277 e. The fourth-order valence-electron chi connectivity index (χ4n) is 1.34. The number of nitrogens with zero attached hydrogens (tertiary/aromatic N) is 1. The second-order valence-corrected chi connectivity index (χ2v) is 7.66. The molecule has 4 nitrogen and oxygen atoms in total. The third-order valence-electron chi connectivity index (χ3n) is 2.26. The molecule has 0 spiro atoms. The van der Waals surface area contributed by atoms with Gasteiger partial charge in [-0.05, 0) is 18.2 Å². The Morgan fingerprint density at radius 2 is 1.90 bits per heavy atom. The molecule has 0 aliphatic heterocycles. The van der Waals surface area contributed by atoms with Gasteiger partial charge in [0.25, 0.3) is 10.0 Å². The number of anilines is 1. The van der Waals surface area contributed by atoms with Gasteiger partial charge in [-0.1, -0.05) is 34.5 Å². The zero-order valence-electron chi connectivity index (χ0n) is 9.78. The van der Waals surface area contributed by atoms with E-state index in [2.05, 4.69) is 4.98 Å². The van der Waals surface area contributed by atoms with Crippen molar-refractivity contribution in [3.8, 4) is 0 Å². The van der Waals surface area contributed by atoms with E-state index in [0.29, 0.717) is 17.4 Å². The van der Waals surface area contributed by atoms with Gasteiger partial charge in [0.1, 0.15) is 0 Å². The van der Waals surface area contributed by atoms with E-state index in [1.807, 2.05) is 4.72 Å². The van der Waals surface area contributed by atoms with Crippen molar-refractivity contribution < 1.29 is 21.6 Å². The van der Waals surface area contributed by atoms with Crippen LogP contribution in [0.1, 0.15) is 5.56 Å². The molecular formula is C10H5Cl2F3N2O2S2. The van der Waals surface area contributed by atoms with E-state index in [9.17, 15) is 21.6 Å². The van der Waals surface area contributed by atoms with Crippen LogP contribution < -0.4 is 4.72 Å². The van der Waals surface area contributed by atoms with E-state index in [1.54, 1.807) is 0 Å². The Morgan fingerprint density at radius 1 is 1.24 bits per heavy atom. The van der Waals surface area contributed by atoms with Crippen molar-refractivity contribution in [3.63, 3.8) is 0 Å². The van der Waals surface area contributed by atoms with Gasteiger partial charge >= 0.3 is 6.18 Å². The topological polar surface area (TPSA) is 59.1 Å². The molecule has 0 fully saturated rings. The van der Waals surface area contributed by atoms with Crippen molar-refractivity contribution in [2.75, 3.05) is 4.72 Å². The Labute approximate surface area is 131 Å². The predicted molar refractivity (Wildman–Crippen MR) is 74.4 cm³/mol. The Morgan fingerprint density at radius 3 is 2.43 bits per heavy atom. The SMILES string of the molecule is O=S(=O)(Nc1cc(C(F)(F)F)ccc1Cl)c1cnc(Cl)s1. The largest absolute Gasteiger partial charge is 0.416 e. The van der Waals surface area contributed by atoms with Crippen LogP contribution in [0.25, 0.3) is 0 Å². The van der Waals surface area contributed by atoms with Gasteiger partial charge in [-0.3, -0.25) is 4.72 Å². The number of rotatable bonds is 3. The van der Waals surface area contributed by atoms with Crippen molar-refractivity contribution in [1.29, 1.82) is 0 Å². The number of sulfonamides is 1. The zero-order chi connectivity index (χ0) is 15.8. The van der Waals surface area contributed by atoms with Gasteiger partial charge in [0.2, 0.25) is 0 Å². The molecule has 0 unspecified atom stereocenters. The maximum atomic E-state index is 12.6. The number of alkyl halides is 3. The molecule has 11 heteroatoms. The number of nitrogens with one attached hydrogen (secondary N) is 1. The van der Waals surface area contributed by atoms with Gasteiger partial charge in [-0.2, -0.15) is 13.2 Å². The molecule has 2 aromatic rings. The van der Waals surface area contributed by atoms with Gasteiger partial charge in [0.05, 0.1) is 22.5 Å². The molecule has 1 heterocycles. The molecule has 0 aliphatic rings. The molecule has 0 bridgehead atoms. The van der Waals surface area contributed by atoms with Gasteiger partial charge in [-0.15, -0.1) is 0 Å². The van der Waals surface area contributed by atoms with Gasteiger partial charge in [-0.25, -0.2) is 13.4 Å². The molecule has 114 valence electrons. The lowest BCUT2D eigenvalue weighted by molar-refractivity contribution is -0.137. The molecule has 0 radical (unpaired) electrons. The van der Waals surface area contributed by atoms with Crippen LogP contribution in [0.3, 0.4) is 0 Å². The van der Waals surface area contributed by atoms with Crippen molar-refractivity contribution in [2.24, 2.45) is 0 Å². The highest BCUT2D eigenvalue weighted by molar-refractivity contribution is 7.94. The van der Waals surface area contributed by atoms with Gasteiger partial charge in [0.15, 0.2) is 8.68 Å². The summed E-state index contributed by atoms with van der Waals surface area (Å²) in [7, 11) is -4.11. The maximum Gasteiger partial charge on any atom is 0.416 e. The average Bonchev–Trinajstić information content (AvgIpc) is 2.78. The van der Waals surface area contributed by atoms with Crippen LogP contribution in [0.5, 0.6) is 0 Å². The number of aromatic nitrogens is 1. The molecular weight excluding hydrogens is 372 g/mol. The van der Waals surface area contributed by atoms with Crippen molar-refractivity contribution in [3.05, 3.63) is 39.4 Å². The van der Waals surface area contributed by atoms with Crippen LogP contribution in [-0.4, -0.2) is 13.4 Å². The summed E-state index contributed by atoms with van der Waals surface area (Å²) in [6.45, 7) is 0. The summed E-state index contributed by atoms with van der Waals surface area (Å²) in [5, 5.41) is -0.165. The van der Waals surface area contributed by atoms with E-state index < -0.39 is 21.8 Å². The first kappa shape index (κ1) is 16.3. The standard InChI is InChI=1S/C10H5Cl2F3N2O2S2/c11-6-2-1-5(10(13,14)15)3-7(6)17-21(18,19)8-4-16-9(12)20-8/h1-4,17H. The molecule has 0 atom stereocenters. The minimum absolute atomic E-state index is 0.00878. The third-order valence-corrected chi connectivity index (χ3v) is 5.53. The molecule has 0 amide bonds. The predicted octanol–water partition coefficient (Wildman–Crippen LogP) is 4.27. The summed E-state index contributed by atoms with van der Waals surface area (Å²) in [6, 6.07) is 2.33. The highest BCUT2D eigenvalue weighted by Gasteiger charge is 2.31. The van der Waals surface area contributed by atoms with Crippen LogP contribution in [0.4, 0.5) is 18.9 Å². The number of hydrogen-bond acceptors (Lipinski definition) is 4. The number of thiazole rings is 1. The molecule has 0 aliphatic carbocycles. The molecule has 2 rings (SSSR count). The lowest BCUT2D eigenvalue weighted by atomic mass is 10.2. The van der Waals surface area contributed by atoms with Gasteiger partial charge in [0, 0.05) is 0 Å². The molecule has 0 saturated heterocycles. The summed E-state index contributed by atoms with van der Waals surface area (Å²) in [5.74, 6) is 0. The highest BCUT2D eigenvalue weighted by Crippen LogP contribution is 2.35. The van der Waals surface area contributed by atoms with Crippen molar-refractivity contribution in [2.45, 2.75) is 10.4 Å². The van der Waals surface area contributed by atoms with E-state index in [-0.39, 0.29) is 19.4 Å². The Hall–Kier alpha value is -1.03. The lowest BCUT2D eigenvalue weighted by Crippen LogP contribution is -2.13. The van der Waals surface area contributed by atoms with Crippen LogP contribution in [0.15, 0.2) is 28.6 Å². The first-order valence-electron chi connectivity index (χ1n) is 5.10. The van der Waals surface area contributed by atoms with Crippen molar-refractivity contribution in [1.82, 2.24) is 4.98 Å². The van der Waals surface area contributed by atoms with Crippen LogP contribution >= 0.6 is 34.5 Å². The van der Waals surface area contributed by atoms with Crippen LogP contribution in [0, 0.1) is 0 Å². The van der Waals surface area contributed by atoms with E-state index in [0.717, 1.165) is 18.3 Å². The average molecular weight is 377 g/mol. The highest BCUT2D eigenvalue weighted by atomic mass is 35.5. The first-order chi connectivity index (χ1) is 9.59. The normalized spacial score (nSPS) is 12.4. The number of halogens is 5. The summed E-state index contributed by atoms with van der Waals surface area (Å²) in [4.78, 5) is 3.56. The molecule has 0 saturated carbocycles. The Bertz CT molecular complexity index is 775. The second kappa shape index (κ2) is 5.64. The summed E-state index contributed by atoms with van der Waals surface area (Å²) in [6.07, 6.45) is -3.62. The molecule has 1 aromatic heterocycles. The second-order valence-electron chi connectivity index (χ2n) is 3.73. The monoisotopic (exact) mass is 376 g/mol. The fraction of sp³-hybridized carbons (Fsp3) is 0.100. The lowest BCUT2D eigenvalue weighted by Gasteiger charge is -2.11. The minimum atomic E-state index is -4.61. The fourth-order valence-corrected chi connectivity index (χ4v) is 3.92. The molecule has 21 heavy (non-hydrogen) atoms. The van der Waals surface area contributed by atoms with Gasteiger partial charge < -0.3 is 0 Å².